The normalized spacial score (nSPS) is 17.4. The summed E-state index contributed by atoms with van der Waals surface area (Å²) in [6.07, 6.45) is 1.89. The number of ether oxygens (including phenoxy) is 1. The molecule has 3 atom stereocenters. The Morgan fingerprint density at radius 2 is 1.56 bits per heavy atom. The average molecular weight is 543 g/mol. The van der Waals surface area contributed by atoms with Crippen molar-refractivity contribution < 1.29 is 19.1 Å². The van der Waals surface area contributed by atoms with Crippen LogP contribution < -0.4 is 10.6 Å². The van der Waals surface area contributed by atoms with Crippen LogP contribution in [0.25, 0.3) is 0 Å². The number of nitrogens with zero attached hydrogens (tertiary/aromatic N) is 2. The van der Waals surface area contributed by atoms with Crippen LogP contribution in [0.3, 0.4) is 0 Å². The first-order chi connectivity index (χ1) is 18.1. The Morgan fingerprint density at radius 1 is 1.00 bits per heavy atom. The van der Waals surface area contributed by atoms with Crippen molar-refractivity contribution in [1.29, 1.82) is 0 Å². The Kier molecular flexibility index (Phi) is 11.3. The minimum Gasteiger partial charge on any atom is -0.378 e. The van der Waals surface area contributed by atoms with E-state index < -0.39 is 22.9 Å². The Labute approximate surface area is 235 Å². The number of amides is 3. The quantitative estimate of drug-likeness (QED) is 0.443. The standard InChI is InChI=1S/C31H50N4O4/c1-21(2)24(20-22(3)28(37)35-16-18-39-19-17-35)34(10)29(38)26(30(4,5)6)33-27(36)25(32-9)31(7,8)23-14-12-11-13-15-23/h11-15,20-21,24-26,32H,16-19H2,1-10H3,(H,33,36)/b22-20+/t24-,25-,26-/m1/s1. The molecule has 1 saturated heterocycles. The highest BCUT2D eigenvalue weighted by molar-refractivity contribution is 5.94. The summed E-state index contributed by atoms with van der Waals surface area (Å²) < 4.78 is 5.37. The molecule has 8 heteroatoms. The van der Waals surface area contributed by atoms with Gasteiger partial charge >= 0.3 is 0 Å². The molecule has 2 rings (SSSR count). The van der Waals surface area contributed by atoms with Gasteiger partial charge in [-0.3, -0.25) is 14.4 Å². The first-order valence-electron chi connectivity index (χ1n) is 14.0. The number of carbonyl (C=O) groups excluding carboxylic acids is 3. The van der Waals surface area contributed by atoms with Gasteiger partial charge in [-0.2, -0.15) is 0 Å². The van der Waals surface area contributed by atoms with Gasteiger partial charge in [0.25, 0.3) is 0 Å². The molecule has 1 fully saturated rings. The van der Waals surface area contributed by atoms with Crippen LogP contribution in [0.2, 0.25) is 0 Å². The molecule has 0 aliphatic carbocycles. The zero-order chi connectivity index (χ0) is 29.5. The molecule has 3 amide bonds. The summed E-state index contributed by atoms with van der Waals surface area (Å²) in [6.45, 7) is 18.0. The SMILES string of the molecule is CN[C@H](C(=O)N[C@H](C(=O)N(C)[C@H](/C=C(\C)C(=O)N1CCOCC1)C(C)C)C(C)(C)C)C(C)(C)c1ccccc1. The summed E-state index contributed by atoms with van der Waals surface area (Å²) in [5.41, 5.74) is 0.574. The van der Waals surface area contributed by atoms with E-state index in [1.54, 1.807) is 30.8 Å². The zero-order valence-electron chi connectivity index (χ0n) is 25.6. The lowest BCUT2D eigenvalue weighted by molar-refractivity contribution is -0.141. The second kappa shape index (κ2) is 13.6. The predicted octanol–water partition coefficient (Wildman–Crippen LogP) is 3.37. The van der Waals surface area contributed by atoms with Crippen LogP contribution in [-0.2, 0) is 24.5 Å². The van der Waals surface area contributed by atoms with E-state index in [1.165, 1.54) is 0 Å². The molecule has 8 nitrogen and oxygen atoms in total. The Bertz CT molecular complexity index is 1010. The van der Waals surface area contributed by atoms with Gasteiger partial charge in [0.05, 0.1) is 25.3 Å². The molecule has 1 aromatic rings. The maximum Gasteiger partial charge on any atom is 0.249 e. The van der Waals surface area contributed by atoms with Gasteiger partial charge in [-0.1, -0.05) is 84.9 Å². The predicted molar refractivity (Wildman–Crippen MR) is 156 cm³/mol. The second-order valence-corrected chi connectivity index (χ2v) is 12.6. The number of hydrogen-bond acceptors (Lipinski definition) is 5. The van der Waals surface area contributed by atoms with Crippen molar-refractivity contribution in [3.63, 3.8) is 0 Å². The molecule has 0 saturated carbocycles. The molecule has 1 heterocycles. The minimum atomic E-state index is -0.762. The lowest BCUT2D eigenvalue weighted by Crippen LogP contribution is -2.61. The van der Waals surface area contributed by atoms with Gasteiger partial charge in [-0.25, -0.2) is 0 Å². The second-order valence-electron chi connectivity index (χ2n) is 12.6. The molecule has 2 N–H and O–H groups in total. The molecular weight excluding hydrogens is 492 g/mol. The maximum atomic E-state index is 14.0. The number of rotatable bonds is 10. The third kappa shape index (κ3) is 8.15. The van der Waals surface area contributed by atoms with Gasteiger partial charge in [0.15, 0.2) is 0 Å². The van der Waals surface area contributed by atoms with E-state index in [2.05, 4.69) is 10.6 Å². The number of nitrogens with one attached hydrogen (secondary N) is 2. The molecule has 0 aromatic heterocycles. The maximum absolute atomic E-state index is 14.0. The van der Waals surface area contributed by atoms with Gasteiger partial charge < -0.3 is 25.2 Å². The fraction of sp³-hybridized carbons (Fsp3) is 0.645. The smallest absolute Gasteiger partial charge is 0.249 e. The average Bonchev–Trinajstić information content (AvgIpc) is 2.89. The van der Waals surface area contributed by atoms with Crippen molar-refractivity contribution in [1.82, 2.24) is 20.4 Å². The van der Waals surface area contributed by atoms with Gasteiger partial charge in [-0.15, -0.1) is 0 Å². The van der Waals surface area contributed by atoms with Crippen LogP contribution in [0, 0.1) is 11.3 Å². The van der Waals surface area contributed by atoms with Crippen LogP contribution >= 0.6 is 0 Å². The first-order valence-corrected chi connectivity index (χ1v) is 14.0. The van der Waals surface area contributed by atoms with E-state index in [0.717, 1.165) is 5.56 Å². The largest absolute Gasteiger partial charge is 0.378 e. The topological polar surface area (TPSA) is 91.0 Å². The summed E-state index contributed by atoms with van der Waals surface area (Å²) in [6, 6.07) is 8.26. The number of likely N-dealkylation sites (N-methyl/N-ethyl adjacent to an activating group) is 2. The number of hydrogen-bond donors (Lipinski definition) is 2. The van der Waals surface area contributed by atoms with Crippen molar-refractivity contribution in [3.8, 4) is 0 Å². The molecule has 39 heavy (non-hydrogen) atoms. The van der Waals surface area contributed by atoms with E-state index in [-0.39, 0.29) is 29.7 Å². The van der Waals surface area contributed by atoms with Crippen molar-refractivity contribution in [2.45, 2.75) is 78.9 Å². The van der Waals surface area contributed by atoms with Crippen LogP contribution in [0.15, 0.2) is 42.0 Å². The molecule has 1 aromatic carbocycles. The Morgan fingerprint density at radius 3 is 2.05 bits per heavy atom. The lowest BCUT2D eigenvalue weighted by Gasteiger charge is -2.40. The summed E-state index contributed by atoms with van der Waals surface area (Å²) in [7, 11) is 3.52. The van der Waals surface area contributed by atoms with Crippen LogP contribution in [0.1, 0.15) is 61.0 Å². The number of benzene rings is 1. The van der Waals surface area contributed by atoms with E-state index in [9.17, 15) is 14.4 Å². The fourth-order valence-corrected chi connectivity index (χ4v) is 5.17. The van der Waals surface area contributed by atoms with Crippen molar-refractivity contribution in [2.75, 3.05) is 40.4 Å². The summed E-state index contributed by atoms with van der Waals surface area (Å²) in [4.78, 5) is 44.2. The molecule has 218 valence electrons. The van der Waals surface area contributed by atoms with Gasteiger partial charge in [0.2, 0.25) is 17.7 Å². The molecule has 1 aliphatic heterocycles. The van der Waals surface area contributed by atoms with Crippen molar-refractivity contribution >= 4 is 17.7 Å². The lowest BCUT2D eigenvalue weighted by atomic mass is 9.76. The van der Waals surface area contributed by atoms with Crippen molar-refractivity contribution in [3.05, 3.63) is 47.5 Å². The fourth-order valence-electron chi connectivity index (χ4n) is 5.17. The Hall–Kier alpha value is -2.71. The molecule has 0 radical (unpaired) electrons. The summed E-state index contributed by atoms with van der Waals surface area (Å²) in [5, 5.41) is 6.26. The monoisotopic (exact) mass is 542 g/mol. The minimum absolute atomic E-state index is 0.0366. The van der Waals surface area contributed by atoms with Crippen LogP contribution in [0.5, 0.6) is 0 Å². The molecular formula is C31H50N4O4. The van der Waals surface area contributed by atoms with E-state index in [1.807, 2.05) is 84.9 Å². The van der Waals surface area contributed by atoms with E-state index in [0.29, 0.717) is 31.9 Å². The van der Waals surface area contributed by atoms with Crippen LogP contribution in [-0.4, -0.2) is 86.0 Å². The highest BCUT2D eigenvalue weighted by atomic mass is 16.5. The van der Waals surface area contributed by atoms with E-state index >= 15 is 0 Å². The summed E-state index contributed by atoms with van der Waals surface area (Å²) >= 11 is 0. The molecule has 1 aliphatic rings. The zero-order valence-corrected chi connectivity index (χ0v) is 25.6. The first kappa shape index (κ1) is 32.5. The molecule has 0 spiro atoms. The van der Waals surface area contributed by atoms with Gasteiger partial charge in [0.1, 0.15) is 6.04 Å². The van der Waals surface area contributed by atoms with E-state index in [4.69, 9.17) is 4.74 Å². The third-order valence-corrected chi connectivity index (χ3v) is 7.72. The molecule has 0 unspecified atom stereocenters. The number of carbonyl (C=O) groups is 3. The van der Waals surface area contributed by atoms with Gasteiger partial charge in [0, 0.05) is 31.1 Å². The summed E-state index contributed by atoms with van der Waals surface area (Å²) in [5.74, 6) is -0.400. The highest BCUT2D eigenvalue weighted by Gasteiger charge is 2.41. The van der Waals surface area contributed by atoms with Crippen molar-refractivity contribution in [2.24, 2.45) is 11.3 Å². The Balaban J connectivity index is 2.30. The van der Waals surface area contributed by atoms with Crippen LogP contribution in [0.4, 0.5) is 0 Å². The third-order valence-electron chi connectivity index (χ3n) is 7.72. The number of morpholine rings is 1. The van der Waals surface area contributed by atoms with Gasteiger partial charge in [-0.05, 0) is 30.9 Å². The highest BCUT2D eigenvalue weighted by Crippen LogP contribution is 2.29. The molecule has 0 bridgehead atoms.